The fraction of sp³-hybridized carbons (Fsp3) is 0.500. The molecule has 1 N–H and O–H groups in total. The molecular weight excluding hydrogens is 270 g/mol. The van der Waals surface area contributed by atoms with E-state index in [9.17, 15) is 14.7 Å². The molecule has 21 heavy (non-hydrogen) atoms. The number of carbonyl (C=O) groups excluding carboxylic acids is 2. The molecule has 0 spiro atoms. The molecule has 1 aromatic carbocycles. The molecule has 1 saturated carbocycles. The summed E-state index contributed by atoms with van der Waals surface area (Å²) in [5.74, 6) is 0.106. The van der Waals surface area contributed by atoms with E-state index < -0.39 is 6.10 Å². The largest absolute Gasteiger partial charge is 0.497 e. The van der Waals surface area contributed by atoms with Crippen LogP contribution in [0.3, 0.4) is 0 Å². The first-order chi connectivity index (χ1) is 10.1. The lowest BCUT2D eigenvalue weighted by atomic mass is 9.86. The third-order valence-electron chi connectivity index (χ3n) is 4.64. The second-order valence-corrected chi connectivity index (χ2v) is 5.73. The van der Waals surface area contributed by atoms with E-state index in [0.717, 1.165) is 0 Å². The number of fused-ring (bicyclic) bond motifs is 1. The average molecular weight is 289 g/mol. The highest BCUT2D eigenvalue weighted by molar-refractivity contribution is 6.05. The van der Waals surface area contributed by atoms with Crippen molar-refractivity contribution < 1.29 is 19.4 Å². The SMILES string of the molecule is COc1ccc(C(=O)N2CCC3C(O)CCC3C2=O)cc1. The van der Waals surface area contributed by atoms with Gasteiger partial charge in [-0.25, -0.2) is 0 Å². The van der Waals surface area contributed by atoms with Crippen LogP contribution in [0, 0.1) is 11.8 Å². The summed E-state index contributed by atoms with van der Waals surface area (Å²) >= 11 is 0. The van der Waals surface area contributed by atoms with Crippen LogP contribution in [0.1, 0.15) is 29.6 Å². The molecule has 5 heteroatoms. The molecule has 1 aliphatic heterocycles. The predicted octanol–water partition coefficient (Wildman–Crippen LogP) is 1.45. The Morgan fingerprint density at radius 3 is 2.62 bits per heavy atom. The van der Waals surface area contributed by atoms with Crippen molar-refractivity contribution >= 4 is 11.8 Å². The van der Waals surface area contributed by atoms with E-state index in [4.69, 9.17) is 4.74 Å². The fourth-order valence-corrected chi connectivity index (χ4v) is 3.43. The molecule has 1 heterocycles. The molecule has 2 aliphatic rings. The van der Waals surface area contributed by atoms with Crippen molar-refractivity contribution in [2.24, 2.45) is 11.8 Å². The van der Waals surface area contributed by atoms with Crippen molar-refractivity contribution in [1.82, 2.24) is 4.90 Å². The standard InChI is InChI=1S/C16H19NO4/c1-21-11-4-2-10(3-5-11)15(19)17-9-8-12-13(16(17)20)6-7-14(12)18/h2-5,12-14,18H,6-9H2,1H3. The minimum atomic E-state index is -0.391. The van der Waals surface area contributed by atoms with Crippen molar-refractivity contribution in [2.45, 2.75) is 25.4 Å². The highest BCUT2D eigenvalue weighted by Gasteiger charge is 2.45. The van der Waals surface area contributed by atoms with Crippen LogP contribution in [-0.4, -0.2) is 41.6 Å². The molecule has 0 bridgehead atoms. The van der Waals surface area contributed by atoms with E-state index in [1.54, 1.807) is 31.4 Å². The lowest BCUT2D eigenvalue weighted by molar-refractivity contribution is -0.138. The maximum atomic E-state index is 12.5. The Balaban J connectivity index is 1.77. The second kappa shape index (κ2) is 5.48. The predicted molar refractivity (Wildman–Crippen MR) is 75.9 cm³/mol. The summed E-state index contributed by atoms with van der Waals surface area (Å²) in [6, 6.07) is 6.77. The summed E-state index contributed by atoms with van der Waals surface area (Å²) in [5, 5.41) is 9.87. The highest BCUT2D eigenvalue weighted by atomic mass is 16.5. The van der Waals surface area contributed by atoms with Crippen LogP contribution >= 0.6 is 0 Å². The number of hydrogen-bond donors (Lipinski definition) is 1. The number of ether oxygens (including phenoxy) is 1. The molecule has 3 rings (SSSR count). The van der Waals surface area contributed by atoms with Crippen molar-refractivity contribution in [3.05, 3.63) is 29.8 Å². The number of methoxy groups -OCH3 is 1. The Hall–Kier alpha value is -1.88. The summed E-state index contributed by atoms with van der Waals surface area (Å²) in [6.07, 6.45) is 1.64. The van der Waals surface area contributed by atoms with Crippen LogP contribution in [0.4, 0.5) is 0 Å². The molecule has 2 amide bonds. The normalized spacial score (nSPS) is 28.4. The summed E-state index contributed by atoms with van der Waals surface area (Å²) < 4.78 is 5.06. The Bertz CT molecular complexity index is 554. The van der Waals surface area contributed by atoms with Gasteiger partial charge in [-0.2, -0.15) is 0 Å². The number of hydrogen-bond acceptors (Lipinski definition) is 4. The van der Waals surface area contributed by atoms with Gasteiger partial charge in [0.05, 0.1) is 13.2 Å². The summed E-state index contributed by atoms with van der Waals surface area (Å²) in [5.41, 5.74) is 0.487. The van der Waals surface area contributed by atoms with E-state index >= 15 is 0 Å². The number of aliphatic hydroxyl groups excluding tert-OH is 1. The number of piperidine rings is 1. The minimum absolute atomic E-state index is 0.0254. The molecule has 1 saturated heterocycles. The van der Waals surface area contributed by atoms with Crippen LogP contribution in [0.25, 0.3) is 0 Å². The van der Waals surface area contributed by atoms with Gasteiger partial charge in [-0.3, -0.25) is 14.5 Å². The van der Waals surface area contributed by atoms with Crippen LogP contribution < -0.4 is 4.74 Å². The number of amides is 2. The van der Waals surface area contributed by atoms with Crippen LogP contribution in [0.5, 0.6) is 5.75 Å². The minimum Gasteiger partial charge on any atom is -0.497 e. The van der Waals surface area contributed by atoms with Crippen LogP contribution in [0.15, 0.2) is 24.3 Å². The Kier molecular flexibility index (Phi) is 3.68. The monoisotopic (exact) mass is 289 g/mol. The summed E-state index contributed by atoms with van der Waals surface area (Å²) in [6.45, 7) is 0.391. The molecule has 3 unspecified atom stereocenters. The number of likely N-dealkylation sites (tertiary alicyclic amines) is 1. The fourth-order valence-electron chi connectivity index (χ4n) is 3.43. The molecule has 0 radical (unpaired) electrons. The third-order valence-corrected chi connectivity index (χ3v) is 4.64. The second-order valence-electron chi connectivity index (χ2n) is 5.73. The van der Waals surface area contributed by atoms with E-state index in [2.05, 4.69) is 0 Å². The molecule has 3 atom stereocenters. The van der Waals surface area contributed by atoms with Gasteiger partial charge in [0.25, 0.3) is 5.91 Å². The van der Waals surface area contributed by atoms with Crippen LogP contribution in [-0.2, 0) is 4.79 Å². The quantitative estimate of drug-likeness (QED) is 0.837. The molecule has 112 valence electrons. The Morgan fingerprint density at radius 2 is 1.95 bits per heavy atom. The smallest absolute Gasteiger partial charge is 0.260 e. The number of aliphatic hydroxyl groups is 1. The zero-order chi connectivity index (χ0) is 15.0. The topological polar surface area (TPSA) is 66.8 Å². The average Bonchev–Trinajstić information content (AvgIpc) is 2.89. The first-order valence-electron chi connectivity index (χ1n) is 7.29. The van der Waals surface area contributed by atoms with Crippen molar-refractivity contribution in [3.8, 4) is 5.75 Å². The van der Waals surface area contributed by atoms with Crippen molar-refractivity contribution in [3.63, 3.8) is 0 Å². The Labute approximate surface area is 123 Å². The maximum Gasteiger partial charge on any atom is 0.260 e. The van der Waals surface area contributed by atoms with Gasteiger partial charge < -0.3 is 9.84 Å². The lowest BCUT2D eigenvalue weighted by Gasteiger charge is -2.34. The maximum absolute atomic E-state index is 12.5. The third kappa shape index (κ3) is 2.42. The van der Waals surface area contributed by atoms with Crippen molar-refractivity contribution in [2.75, 3.05) is 13.7 Å². The van der Waals surface area contributed by atoms with Gasteiger partial charge in [0, 0.05) is 18.0 Å². The highest BCUT2D eigenvalue weighted by Crippen LogP contribution is 2.39. The molecular formula is C16H19NO4. The van der Waals surface area contributed by atoms with Gasteiger partial charge in [-0.15, -0.1) is 0 Å². The van der Waals surface area contributed by atoms with Gasteiger partial charge in [0.1, 0.15) is 5.75 Å². The molecule has 1 aliphatic carbocycles. The van der Waals surface area contributed by atoms with Gasteiger partial charge in [0.15, 0.2) is 0 Å². The van der Waals surface area contributed by atoms with E-state index in [0.29, 0.717) is 37.1 Å². The van der Waals surface area contributed by atoms with Gasteiger partial charge in [-0.1, -0.05) is 0 Å². The number of imide groups is 1. The van der Waals surface area contributed by atoms with E-state index in [1.165, 1.54) is 4.90 Å². The summed E-state index contributed by atoms with van der Waals surface area (Å²) in [4.78, 5) is 26.3. The number of benzene rings is 1. The van der Waals surface area contributed by atoms with Gasteiger partial charge in [-0.05, 0) is 49.4 Å². The first-order valence-corrected chi connectivity index (χ1v) is 7.29. The van der Waals surface area contributed by atoms with E-state index in [-0.39, 0.29) is 23.7 Å². The first kappa shape index (κ1) is 14.1. The zero-order valence-electron chi connectivity index (χ0n) is 12.0. The number of nitrogens with zero attached hydrogens (tertiary/aromatic N) is 1. The van der Waals surface area contributed by atoms with E-state index in [1.807, 2.05) is 0 Å². The summed E-state index contributed by atoms with van der Waals surface area (Å²) in [7, 11) is 1.57. The Morgan fingerprint density at radius 1 is 1.24 bits per heavy atom. The molecule has 2 fully saturated rings. The zero-order valence-corrected chi connectivity index (χ0v) is 12.0. The van der Waals surface area contributed by atoms with Gasteiger partial charge >= 0.3 is 0 Å². The molecule has 1 aromatic rings. The molecule has 0 aromatic heterocycles. The lowest BCUT2D eigenvalue weighted by Crippen LogP contribution is -2.48. The van der Waals surface area contributed by atoms with Gasteiger partial charge in [0.2, 0.25) is 5.91 Å². The van der Waals surface area contributed by atoms with Crippen LogP contribution in [0.2, 0.25) is 0 Å². The number of carbonyl (C=O) groups is 2. The molecule has 5 nitrogen and oxygen atoms in total. The van der Waals surface area contributed by atoms with Crippen molar-refractivity contribution in [1.29, 1.82) is 0 Å². The number of rotatable bonds is 2.